The topological polar surface area (TPSA) is 115 Å². The highest BCUT2D eigenvalue weighted by Crippen LogP contribution is 2.42. The zero-order valence-electron chi connectivity index (χ0n) is 21.1. The Kier molecular flexibility index (Phi) is 6.04. The van der Waals surface area contributed by atoms with E-state index in [4.69, 9.17) is 21.1 Å². The van der Waals surface area contributed by atoms with Crippen molar-refractivity contribution in [2.45, 2.75) is 77.7 Å². The van der Waals surface area contributed by atoms with Crippen LogP contribution in [0.3, 0.4) is 0 Å². The summed E-state index contributed by atoms with van der Waals surface area (Å²) in [6.45, 7) is 11.3. The minimum absolute atomic E-state index is 0.0843. The first-order chi connectivity index (χ1) is 16.8. The molecule has 2 aliphatic rings. The molecule has 1 unspecified atom stereocenters. The minimum Gasteiger partial charge on any atom is -0.388 e. The number of benzene rings is 1. The normalized spacial score (nSPS) is 25.6. The maximum absolute atomic E-state index is 15.3. The van der Waals surface area contributed by atoms with Gasteiger partial charge in [-0.2, -0.15) is 0 Å². The van der Waals surface area contributed by atoms with Gasteiger partial charge in [0.15, 0.2) is 12.1 Å². The van der Waals surface area contributed by atoms with Crippen molar-refractivity contribution in [3.05, 3.63) is 35.0 Å². The average molecular weight is 520 g/mol. The van der Waals surface area contributed by atoms with Crippen molar-refractivity contribution in [1.82, 2.24) is 19.5 Å². The van der Waals surface area contributed by atoms with E-state index in [0.29, 0.717) is 29.2 Å². The van der Waals surface area contributed by atoms with Gasteiger partial charge in [-0.1, -0.05) is 25.4 Å². The lowest BCUT2D eigenvalue weighted by molar-refractivity contribution is -0.192. The van der Waals surface area contributed by atoms with Crippen LogP contribution in [0, 0.1) is 11.2 Å². The zero-order valence-corrected chi connectivity index (χ0v) is 21.8. The second-order valence-corrected chi connectivity index (χ2v) is 11.4. The fourth-order valence-corrected chi connectivity index (χ4v) is 5.28. The number of aliphatic hydroxyl groups is 2. The first-order valence-electron chi connectivity index (χ1n) is 12.0. The molecule has 2 aliphatic heterocycles. The Morgan fingerprint density at radius 2 is 2.00 bits per heavy atom. The molecule has 0 aliphatic carbocycles. The maximum Gasteiger partial charge on any atom is 0.223 e. The van der Waals surface area contributed by atoms with Crippen molar-refractivity contribution in [2.75, 3.05) is 11.9 Å². The molecular formula is C25H31ClFN5O4. The second-order valence-electron chi connectivity index (χ2n) is 10.9. The number of fused-ring (bicyclic) bond motifs is 3. The van der Waals surface area contributed by atoms with E-state index < -0.39 is 41.4 Å². The molecule has 0 spiro atoms. The fourth-order valence-electron chi connectivity index (χ4n) is 5.08. The predicted octanol–water partition coefficient (Wildman–Crippen LogP) is 4.02. The van der Waals surface area contributed by atoms with Gasteiger partial charge in [-0.15, -0.1) is 0 Å². The number of anilines is 1. The van der Waals surface area contributed by atoms with Gasteiger partial charge in [0.25, 0.3) is 0 Å². The first-order valence-corrected chi connectivity index (χ1v) is 12.4. The van der Waals surface area contributed by atoms with Crippen LogP contribution in [0.1, 0.15) is 53.4 Å². The van der Waals surface area contributed by atoms with Crippen LogP contribution >= 0.6 is 11.6 Å². The quantitative estimate of drug-likeness (QED) is 0.463. The predicted molar refractivity (Wildman–Crippen MR) is 133 cm³/mol. The van der Waals surface area contributed by atoms with E-state index in [1.807, 2.05) is 32.3 Å². The third-order valence-corrected chi connectivity index (χ3v) is 7.23. The van der Waals surface area contributed by atoms with Crippen LogP contribution in [-0.4, -0.2) is 60.9 Å². The average Bonchev–Trinajstić information content (AvgIpc) is 3.41. The lowest BCUT2D eigenvalue weighted by atomic mass is 9.78. The van der Waals surface area contributed by atoms with Gasteiger partial charge in [0.05, 0.1) is 35.1 Å². The SMILES string of the molecule is CC(C)n1c(C(C)(C)O)nc2c(F)cc(-c3nc(NC4[C@H](O)[C@@H]5CO[C@@H](O5)C4(C)C)ncc3Cl)cc21. The number of halogens is 2. The third-order valence-electron chi connectivity index (χ3n) is 6.96. The summed E-state index contributed by atoms with van der Waals surface area (Å²) in [4.78, 5) is 13.3. The summed E-state index contributed by atoms with van der Waals surface area (Å²) in [5.74, 6) is 0.0569. The number of rotatable bonds is 5. The highest BCUT2D eigenvalue weighted by atomic mass is 35.5. The number of ether oxygens (including phenoxy) is 2. The van der Waals surface area contributed by atoms with Crippen LogP contribution in [0.15, 0.2) is 18.3 Å². The molecule has 2 aromatic heterocycles. The largest absolute Gasteiger partial charge is 0.388 e. The number of imidazole rings is 1. The number of aliphatic hydroxyl groups excluding tert-OH is 1. The van der Waals surface area contributed by atoms with Gasteiger partial charge in [0.1, 0.15) is 29.2 Å². The molecule has 4 atom stereocenters. The molecule has 3 N–H and O–H groups in total. The van der Waals surface area contributed by atoms with E-state index in [-0.39, 0.29) is 22.5 Å². The van der Waals surface area contributed by atoms with E-state index >= 15 is 4.39 Å². The Labute approximate surface area is 213 Å². The van der Waals surface area contributed by atoms with Gasteiger partial charge in [0.2, 0.25) is 5.95 Å². The second kappa shape index (κ2) is 8.59. The Hall–Kier alpha value is -2.37. The van der Waals surface area contributed by atoms with Crippen LogP contribution in [0.4, 0.5) is 10.3 Å². The van der Waals surface area contributed by atoms with Crippen molar-refractivity contribution in [3.63, 3.8) is 0 Å². The lowest BCUT2D eigenvalue weighted by Crippen LogP contribution is -2.59. The monoisotopic (exact) mass is 519 g/mol. The molecule has 2 saturated heterocycles. The summed E-state index contributed by atoms with van der Waals surface area (Å²) in [6.07, 6.45) is -0.297. The molecular weight excluding hydrogens is 489 g/mol. The summed E-state index contributed by atoms with van der Waals surface area (Å²) in [5.41, 5.74) is -0.381. The van der Waals surface area contributed by atoms with Crippen LogP contribution < -0.4 is 5.32 Å². The summed E-state index contributed by atoms with van der Waals surface area (Å²) in [7, 11) is 0. The molecule has 36 heavy (non-hydrogen) atoms. The minimum atomic E-state index is -1.26. The van der Waals surface area contributed by atoms with Gasteiger partial charge in [-0.05, 0) is 39.8 Å². The van der Waals surface area contributed by atoms with Crippen molar-refractivity contribution < 1.29 is 24.1 Å². The number of nitrogens with one attached hydrogen (secondary N) is 1. The van der Waals surface area contributed by atoms with Gasteiger partial charge in [-0.25, -0.2) is 19.3 Å². The van der Waals surface area contributed by atoms with Crippen molar-refractivity contribution >= 4 is 28.6 Å². The summed E-state index contributed by atoms with van der Waals surface area (Å²) < 4.78 is 28.6. The Bertz CT molecular complexity index is 1320. The summed E-state index contributed by atoms with van der Waals surface area (Å²) >= 11 is 6.47. The molecule has 1 aromatic carbocycles. The number of hydrogen-bond donors (Lipinski definition) is 3. The highest BCUT2D eigenvalue weighted by molar-refractivity contribution is 6.33. The Morgan fingerprint density at radius 3 is 2.67 bits per heavy atom. The molecule has 9 nitrogen and oxygen atoms in total. The standard InChI is InChI=1S/C25H31ClFN5O4/c1-11(2)32-15-8-12(7-14(27)18(15)29-21(32)25(5,6)34)17-13(26)9-28-23(30-17)31-20-19(33)16-10-35-22(36-16)24(20,3)4/h7-9,11,16,19-20,22,33-34H,10H2,1-6H3,(H,28,30,31)/t16-,19+,20?,22-/m0/s1. The zero-order chi connectivity index (χ0) is 26.2. The van der Waals surface area contributed by atoms with E-state index in [1.54, 1.807) is 19.9 Å². The molecule has 5 rings (SSSR count). The maximum atomic E-state index is 15.3. The molecule has 2 fully saturated rings. The van der Waals surface area contributed by atoms with Crippen LogP contribution in [-0.2, 0) is 15.1 Å². The third kappa shape index (κ3) is 4.05. The molecule has 0 radical (unpaired) electrons. The summed E-state index contributed by atoms with van der Waals surface area (Å²) in [5, 5.41) is 25.0. The molecule has 194 valence electrons. The molecule has 0 saturated carbocycles. The van der Waals surface area contributed by atoms with Crippen LogP contribution in [0.5, 0.6) is 0 Å². The van der Waals surface area contributed by atoms with Gasteiger partial charge in [-0.3, -0.25) is 0 Å². The fraction of sp³-hybridized carbons (Fsp3) is 0.560. The van der Waals surface area contributed by atoms with E-state index in [0.717, 1.165) is 0 Å². The van der Waals surface area contributed by atoms with Crippen molar-refractivity contribution in [1.29, 1.82) is 0 Å². The van der Waals surface area contributed by atoms with E-state index in [2.05, 4.69) is 20.3 Å². The molecule has 11 heteroatoms. The molecule has 2 bridgehead atoms. The number of aromatic nitrogens is 4. The summed E-state index contributed by atoms with van der Waals surface area (Å²) in [6, 6.07) is 2.56. The smallest absolute Gasteiger partial charge is 0.223 e. The highest BCUT2D eigenvalue weighted by Gasteiger charge is 2.55. The van der Waals surface area contributed by atoms with Crippen LogP contribution in [0.2, 0.25) is 5.02 Å². The van der Waals surface area contributed by atoms with Gasteiger partial charge < -0.3 is 29.6 Å². The first kappa shape index (κ1) is 25.3. The molecule has 4 heterocycles. The van der Waals surface area contributed by atoms with E-state index in [1.165, 1.54) is 12.3 Å². The van der Waals surface area contributed by atoms with Gasteiger partial charge >= 0.3 is 0 Å². The Balaban J connectivity index is 1.57. The number of hydrogen-bond acceptors (Lipinski definition) is 8. The van der Waals surface area contributed by atoms with Crippen molar-refractivity contribution in [3.8, 4) is 11.3 Å². The Morgan fingerprint density at radius 1 is 1.28 bits per heavy atom. The molecule has 0 amide bonds. The van der Waals surface area contributed by atoms with Crippen molar-refractivity contribution in [2.24, 2.45) is 5.41 Å². The van der Waals surface area contributed by atoms with Crippen LogP contribution in [0.25, 0.3) is 22.3 Å². The van der Waals surface area contributed by atoms with E-state index in [9.17, 15) is 10.2 Å². The lowest BCUT2D eigenvalue weighted by Gasteiger charge is -2.44. The number of nitrogens with zero attached hydrogens (tertiary/aromatic N) is 4. The van der Waals surface area contributed by atoms with Gasteiger partial charge in [0, 0.05) is 17.0 Å². The molecule has 3 aromatic rings.